The smallest absolute Gasteiger partial charge is 0.350 e. The van der Waals surface area contributed by atoms with Crippen molar-refractivity contribution >= 4 is 41.4 Å². The number of fused-ring (bicyclic) bond motifs is 5. The average Bonchev–Trinajstić information content (AvgIpc) is 3.28. The highest BCUT2D eigenvalue weighted by Gasteiger charge is 2.77. The number of rotatable bonds is 13. The molecule has 0 radical (unpaired) electrons. The number of benzene rings is 3. The van der Waals surface area contributed by atoms with Crippen molar-refractivity contribution < 1.29 is 67.5 Å². The van der Waals surface area contributed by atoms with Gasteiger partial charge in [0.05, 0.1) is 36.0 Å². The van der Waals surface area contributed by atoms with E-state index in [1.165, 1.54) is 32.9 Å². The Hall–Kier alpha value is -6.03. The number of amides is 1. The number of ketones is 2. The van der Waals surface area contributed by atoms with Gasteiger partial charge in [0.25, 0.3) is 5.91 Å². The van der Waals surface area contributed by atoms with Gasteiger partial charge in [0.1, 0.15) is 41.5 Å². The van der Waals surface area contributed by atoms with Crippen molar-refractivity contribution in [2.24, 2.45) is 22.7 Å². The Labute approximate surface area is 383 Å². The number of aliphatic hydroxyl groups is 2. The van der Waals surface area contributed by atoms with Gasteiger partial charge in [-0.3, -0.25) is 19.2 Å². The van der Waals surface area contributed by atoms with E-state index in [-0.39, 0.29) is 42.8 Å². The summed E-state index contributed by atoms with van der Waals surface area (Å²) in [6.07, 6.45) is -8.52. The highest BCUT2D eigenvalue weighted by molar-refractivity contribution is 5.95. The molecule has 66 heavy (non-hydrogen) atoms. The number of nitrogens with one attached hydrogen (secondary N) is 1. The summed E-state index contributed by atoms with van der Waals surface area (Å²) in [6, 6.07) is 23.1. The first-order valence-corrected chi connectivity index (χ1v) is 22.2. The monoisotopic (exact) mass is 907 g/mol. The SMILES string of the molecule is CC(=O)CCC(=O)O[C@@H](C(=O)O[C@H]1C[C@@]2(O)[C@@H](OC(=O)c3ccccc3)C3[C@]4(OC(C)=O)COC4C[C@H](O)[C@@]3(C)C(=O)[C@H](C)C(=C1C)C2(C)C)[C@@H](NC(=O)c1ccccc1)c1ccccc1. The molecule has 2 unspecified atom stereocenters. The molecule has 1 aliphatic heterocycles. The molecule has 1 amide bonds. The minimum Gasteiger partial charge on any atom is -0.455 e. The van der Waals surface area contributed by atoms with Gasteiger partial charge in [-0.15, -0.1) is 0 Å². The van der Waals surface area contributed by atoms with Crippen molar-refractivity contribution in [2.75, 3.05) is 6.61 Å². The predicted octanol–water partition coefficient (Wildman–Crippen LogP) is 5.36. The first-order valence-electron chi connectivity index (χ1n) is 22.2. The van der Waals surface area contributed by atoms with Crippen LogP contribution >= 0.6 is 0 Å². The number of carbonyl (C=O) groups excluding carboxylic acids is 7. The molecule has 3 aliphatic carbocycles. The number of aliphatic hydroxyl groups excluding tert-OH is 1. The van der Waals surface area contributed by atoms with Gasteiger partial charge in [-0.05, 0) is 61.7 Å². The van der Waals surface area contributed by atoms with Crippen LogP contribution in [-0.4, -0.2) is 99.9 Å². The number of hydrogen-bond acceptors (Lipinski definition) is 14. The lowest BCUT2D eigenvalue weighted by molar-refractivity contribution is -0.345. The predicted molar refractivity (Wildman–Crippen MR) is 235 cm³/mol. The van der Waals surface area contributed by atoms with E-state index in [4.69, 9.17) is 23.7 Å². The van der Waals surface area contributed by atoms with E-state index in [2.05, 4.69) is 5.32 Å². The van der Waals surface area contributed by atoms with Crippen molar-refractivity contribution in [3.63, 3.8) is 0 Å². The highest BCUT2D eigenvalue weighted by Crippen LogP contribution is 2.65. The maximum absolute atomic E-state index is 15.4. The molecule has 3 fully saturated rings. The first-order chi connectivity index (χ1) is 31.2. The molecule has 11 atom stereocenters. The molecule has 4 aliphatic rings. The summed E-state index contributed by atoms with van der Waals surface area (Å²) in [5.41, 5.74) is -5.78. The van der Waals surface area contributed by atoms with E-state index in [9.17, 15) is 34.2 Å². The molecule has 3 aromatic rings. The maximum atomic E-state index is 15.4. The Balaban J connectivity index is 1.38. The summed E-state index contributed by atoms with van der Waals surface area (Å²) >= 11 is 0. The zero-order valence-electron chi connectivity index (χ0n) is 38.1. The van der Waals surface area contributed by atoms with Crippen molar-refractivity contribution in [3.05, 3.63) is 119 Å². The van der Waals surface area contributed by atoms with Crippen molar-refractivity contribution in [3.8, 4) is 0 Å². The number of carbonyl (C=O) groups is 7. The van der Waals surface area contributed by atoms with Gasteiger partial charge in [0.15, 0.2) is 5.60 Å². The van der Waals surface area contributed by atoms with Crippen LogP contribution in [0.4, 0.5) is 0 Å². The van der Waals surface area contributed by atoms with E-state index in [0.29, 0.717) is 16.7 Å². The Kier molecular flexibility index (Phi) is 13.3. The van der Waals surface area contributed by atoms with Crippen molar-refractivity contribution in [1.29, 1.82) is 0 Å². The standard InChI is InChI=1S/C51H57NO14/c1-28(53)23-24-38(56)64-41(40(32-17-11-8-12-18-32)52-45(58)33-19-13-9-14-20-33)47(60)63-35-26-51(61)44(65-46(59)34-21-15-10-16-22-34)42-49(7,43(57)30(3)39(29(35)2)48(51,5)6)36(55)25-37-50(42,27-62-37)66-31(4)54/h8-22,30,35-37,40-42,44,55,61H,23-27H2,1-7H3,(H,52,58)/t30-,35+,36+,37?,40+,41-,42?,44+,49-,50+,51-/m1/s1. The zero-order valence-corrected chi connectivity index (χ0v) is 38.1. The number of esters is 4. The third-order valence-corrected chi connectivity index (χ3v) is 14.4. The molecule has 15 nitrogen and oxygen atoms in total. The molecule has 3 aromatic carbocycles. The van der Waals surface area contributed by atoms with Gasteiger partial charge in [0.2, 0.25) is 6.10 Å². The summed E-state index contributed by atoms with van der Waals surface area (Å²) in [5, 5.41) is 28.7. The fraction of sp³-hybridized carbons (Fsp3) is 0.471. The fourth-order valence-corrected chi connectivity index (χ4v) is 11.0. The van der Waals surface area contributed by atoms with Crippen molar-refractivity contribution in [1.82, 2.24) is 5.32 Å². The lowest BCUT2D eigenvalue weighted by Gasteiger charge is -2.67. The van der Waals surface area contributed by atoms with E-state index in [0.717, 1.165) is 0 Å². The van der Waals surface area contributed by atoms with Crippen LogP contribution in [0.25, 0.3) is 0 Å². The minimum atomic E-state index is -2.27. The lowest BCUT2D eigenvalue weighted by atomic mass is 9.43. The molecular weight excluding hydrogens is 851 g/mol. The van der Waals surface area contributed by atoms with Gasteiger partial charge >= 0.3 is 23.9 Å². The average molecular weight is 908 g/mol. The third-order valence-electron chi connectivity index (χ3n) is 14.4. The van der Waals surface area contributed by atoms with Gasteiger partial charge < -0.3 is 44.0 Å². The summed E-state index contributed by atoms with van der Waals surface area (Å²) in [6.45, 7) is 10.5. The quantitative estimate of drug-likeness (QED) is 0.112. The van der Waals surface area contributed by atoms with Crippen LogP contribution in [0.1, 0.15) is 106 Å². The van der Waals surface area contributed by atoms with E-state index >= 15 is 9.59 Å². The second-order valence-corrected chi connectivity index (χ2v) is 18.8. The van der Waals surface area contributed by atoms with E-state index in [1.54, 1.807) is 107 Å². The van der Waals surface area contributed by atoms with Gasteiger partial charge in [-0.2, -0.15) is 0 Å². The van der Waals surface area contributed by atoms with Crippen molar-refractivity contribution in [2.45, 2.75) is 122 Å². The molecule has 1 saturated heterocycles. The highest BCUT2D eigenvalue weighted by atomic mass is 16.6. The normalized spacial score (nSPS) is 30.6. The van der Waals surface area contributed by atoms with Gasteiger partial charge in [-0.1, -0.05) is 87.5 Å². The summed E-state index contributed by atoms with van der Waals surface area (Å²) < 4.78 is 30.7. The fourth-order valence-electron chi connectivity index (χ4n) is 11.0. The second kappa shape index (κ2) is 18.3. The number of Topliss-reactive ketones (excluding diaryl/α,β-unsaturated/α-hetero) is 2. The molecule has 2 bridgehead atoms. The second-order valence-electron chi connectivity index (χ2n) is 18.8. The number of hydrogen-bond donors (Lipinski definition) is 3. The van der Waals surface area contributed by atoms with Crippen LogP contribution < -0.4 is 5.32 Å². The molecule has 3 N–H and O–H groups in total. The first kappa shape index (κ1) is 47.9. The molecule has 15 heteroatoms. The minimum absolute atomic E-state index is 0.103. The number of ether oxygens (including phenoxy) is 5. The summed E-state index contributed by atoms with van der Waals surface area (Å²) in [4.78, 5) is 97.0. The molecule has 0 aromatic heterocycles. The Morgan fingerprint density at radius 1 is 0.848 bits per heavy atom. The van der Waals surface area contributed by atoms with E-state index < -0.39 is 112 Å². The maximum Gasteiger partial charge on any atom is 0.350 e. The molecule has 1 heterocycles. The van der Waals surface area contributed by atoms with Crippen LogP contribution in [0.5, 0.6) is 0 Å². The largest absolute Gasteiger partial charge is 0.455 e. The van der Waals surface area contributed by atoms with Crippen LogP contribution in [-0.2, 0) is 47.7 Å². The molecule has 7 rings (SSSR count). The third kappa shape index (κ3) is 8.37. The Morgan fingerprint density at radius 3 is 2.00 bits per heavy atom. The molecule has 2 saturated carbocycles. The van der Waals surface area contributed by atoms with Crippen LogP contribution in [0, 0.1) is 22.7 Å². The van der Waals surface area contributed by atoms with Gasteiger partial charge in [0, 0.05) is 43.1 Å². The lowest BCUT2D eigenvalue weighted by Crippen LogP contribution is -2.81. The molecule has 0 spiro atoms. The van der Waals surface area contributed by atoms with E-state index in [1.807, 2.05) is 0 Å². The Bertz CT molecular complexity index is 2420. The summed E-state index contributed by atoms with van der Waals surface area (Å²) in [5.74, 6) is -7.58. The summed E-state index contributed by atoms with van der Waals surface area (Å²) in [7, 11) is 0. The zero-order chi connectivity index (χ0) is 47.9. The Morgan fingerprint density at radius 2 is 1.44 bits per heavy atom. The van der Waals surface area contributed by atoms with Crippen LogP contribution in [0.2, 0.25) is 0 Å². The van der Waals surface area contributed by atoms with Crippen LogP contribution in [0.3, 0.4) is 0 Å². The van der Waals surface area contributed by atoms with Gasteiger partial charge in [-0.25, -0.2) is 9.59 Å². The molecular formula is C51H57NO14. The topological polar surface area (TPSA) is 218 Å². The van der Waals surface area contributed by atoms with Crippen LogP contribution in [0.15, 0.2) is 102 Å². The molecule has 350 valence electrons.